The molecule has 0 spiro atoms. The summed E-state index contributed by atoms with van der Waals surface area (Å²) in [5.41, 5.74) is 8.77. The summed E-state index contributed by atoms with van der Waals surface area (Å²) in [5.74, 6) is 4.69. The van der Waals surface area contributed by atoms with Gasteiger partial charge in [-0.3, -0.25) is 0 Å². The van der Waals surface area contributed by atoms with E-state index in [1.165, 1.54) is 44.1 Å². The molecule has 2 heterocycles. The number of benzene rings is 7. The third-order valence-corrected chi connectivity index (χ3v) is 13.3. The third-order valence-electron chi connectivity index (χ3n) is 13.3. The number of furan rings is 1. The number of hydrogen-bond acceptors (Lipinski definition) is 4. The molecule has 4 fully saturated rings. The fourth-order valence-electron chi connectivity index (χ4n) is 11.2. The maximum atomic E-state index is 6.69. The van der Waals surface area contributed by atoms with E-state index in [4.69, 9.17) is 19.4 Å². The number of nitrogens with zero attached hydrogens (tertiary/aromatic N) is 3. The van der Waals surface area contributed by atoms with Gasteiger partial charge in [-0.05, 0) is 113 Å². The fourth-order valence-corrected chi connectivity index (χ4v) is 11.2. The van der Waals surface area contributed by atoms with Gasteiger partial charge in [0.05, 0.1) is 0 Å². The normalized spacial score (nSPS) is 21.6. The van der Waals surface area contributed by atoms with Crippen LogP contribution in [0.4, 0.5) is 0 Å². The summed E-state index contributed by atoms with van der Waals surface area (Å²) in [5, 5.41) is 6.68. The summed E-state index contributed by atoms with van der Waals surface area (Å²) in [6.45, 7) is 0. The van der Waals surface area contributed by atoms with Crippen LogP contribution in [0.25, 0.3) is 88.8 Å². The number of aromatic nitrogens is 3. The Labute approximate surface area is 319 Å². The van der Waals surface area contributed by atoms with E-state index in [0.29, 0.717) is 22.9 Å². The first-order valence-electron chi connectivity index (χ1n) is 19.9. The predicted molar refractivity (Wildman–Crippen MR) is 224 cm³/mol. The van der Waals surface area contributed by atoms with Crippen molar-refractivity contribution in [1.82, 2.24) is 15.0 Å². The predicted octanol–water partition coefficient (Wildman–Crippen LogP) is 13.2. The van der Waals surface area contributed by atoms with Crippen LogP contribution >= 0.6 is 0 Å². The van der Waals surface area contributed by atoms with Gasteiger partial charge in [-0.15, -0.1) is 0 Å². The Bertz CT molecular complexity index is 2830. The average Bonchev–Trinajstić information content (AvgIpc) is 3.61. The molecule has 4 nitrogen and oxygen atoms in total. The minimum absolute atomic E-state index is 0.352. The van der Waals surface area contributed by atoms with Gasteiger partial charge in [-0.2, -0.15) is 0 Å². The van der Waals surface area contributed by atoms with E-state index in [1.807, 2.05) is 6.07 Å². The van der Waals surface area contributed by atoms with E-state index in [9.17, 15) is 0 Å². The van der Waals surface area contributed by atoms with Gasteiger partial charge in [0, 0.05) is 33.0 Å². The standard InChI is InChI=1S/C51H39N3O/c1-3-13-39-34(9-1)11-7-16-42(39)49-52-48(53-50(54-49)43-17-8-12-35-10-2-4-14-40(35)43)37-26-44(47-45(27-37)41-15-5-6-18-46(41)55-47)36-19-21-38(22-20-36)51-28-31-23-32(29-51)25-33(24-31)30-51/h1-22,26-27,31-33H,23-25,28-30H2. The molecule has 0 aliphatic heterocycles. The van der Waals surface area contributed by atoms with E-state index in [0.717, 1.165) is 89.1 Å². The Balaban J connectivity index is 1.07. The van der Waals surface area contributed by atoms with E-state index >= 15 is 0 Å². The zero-order valence-corrected chi connectivity index (χ0v) is 30.6. The van der Waals surface area contributed by atoms with Gasteiger partial charge in [0.15, 0.2) is 17.5 Å². The highest BCUT2D eigenvalue weighted by atomic mass is 16.3. The number of para-hydroxylation sites is 1. The molecule has 55 heavy (non-hydrogen) atoms. The molecule has 9 aromatic rings. The molecule has 2 aromatic heterocycles. The monoisotopic (exact) mass is 709 g/mol. The van der Waals surface area contributed by atoms with Crippen molar-refractivity contribution in [1.29, 1.82) is 0 Å². The Kier molecular flexibility index (Phi) is 6.78. The van der Waals surface area contributed by atoms with Crippen LogP contribution in [0.1, 0.15) is 44.1 Å². The van der Waals surface area contributed by atoms with Gasteiger partial charge in [-0.1, -0.05) is 127 Å². The number of hydrogen-bond donors (Lipinski definition) is 0. The second-order valence-corrected chi connectivity index (χ2v) is 16.6. The molecule has 0 N–H and O–H groups in total. The van der Waals surface area contributed by atoms with Crippen LogP contribution in [-0.2, 0) is 5.41 Å². The SMILES string of the molecule is c1ccc2c(-c3nc(-c4cc(-c5ccc(C67CC8CC(CC(C8)C6)C7)cc5)c5oc6ccccc6c5c4)nc(-c4cccc5ccccc45)n3)cccc2c1. The highest BCUT2D eigenvalue weighted by molar-refractivity contribution is 6.11. The van der Waals surface area contributed by atoms with Gasteiger partial charge in [0.2, 0.25) is 0 Å². The maximum Gasteiger partial charge on any atom is 0.164 e. The summed E-state index contributed by atoms with van der Waals surface area (Å²) in [6.07, 6.45) is 8.44. The van der Waals surface area contributed by atoms with Crippen LogP contribution in [0.2, 0.25) is 0 Å². The zero-order chi connectivity index (χ0) is 36.1. The lowest BCUT2D eigenvalue weighted by atomic mass is 9.48. The molecule has 13 rings (SSSR count). The van der Waals surface area contributed by atoms with Crippen molar-refractivity contribution in [2.24, 2.45) is 17.8 Å². The molecule has 264 valence electrons. The molecule has 4 aliphatic carbocycles. The Hall–Kier alpha value is -6.13. The number of rotatable bonds is 5. The Morgan fingerprint density at radius 2 is 0.964 bits per heavy atom. The Morgan fingerprint density at radius 3 is 1.58 bits per heavy atom. The van der Waals surface area contributed by atoms with Crippen molar-refractivity contribution in [2.75, 3.05) is 0 Å². The van der Waals surface area contributed by atoms with Crippen LogP contribution < -0.4 is 0 Å². The summed E-state index contributed by atoms with van der Waals surface area (Å²) in [4.78, 5) is 15.8. The van der Waals surface area contributed by atoms with Gasteiger partial charge in [0.1, 0.15) is 11.2 Å². The molecule has 0 amide bonds. The lowest BCUT2D eigenvalue weighted by molar-refractivity contribution is -0.00518. The van der Waals surface area contributed by atoms with E-state index in [1.54, 1.807) is 0 Å². The topological polar surface area (TPSA) is 51.8 Å². The van der Waals surface area contributed by atoms with E-state index in [2.05, 4.69) is 140 Å². The Morgan fingerprint density at radius 1 is 0.436 bits per heavy atom. The van der Waals surface area contributed by atoms with Gasteiger partial charge in [-0.25, -0.2) is 15.0 Å². The molecule has 0 saturated heterocycles. The van der Waals surface area contributed by atoms with E-state index < -0.39 is 0 Å². The van der Waals surface area contributed by atoms with E-state index in [-0.39, 0.29) is 0 Å². The van der Waals surface area contributed by atoms with Crippen LogP contribution in [-0.4, -0.2) is 15.0 Å². The molecule has 0 atom stereocenters. The van der Waals surface area contributed by atoms with Crippen molar-refractivity contribution in [3.05, 3.63) is 151 Å². The lowest BCUT2D eigenvalue weighted by Gasteiger charge is -2.57. The minimum atomic E-state index is 0.352. The van der Waals surface area contributed by atoms with Crippen LogP contribution in [0.15, 0.2) is 150 Å². The van der Waals surface area contributed by atoms with Crippen molar-refractivity contribution in [3.8, 4) is 45.3 Å². The summed E-state index contributed by atoms with van der Waals surface area (Å²) >= 11 is 0. The van der Waals surface area contributed by atoms with Crippen molar-refractivity contribution >= 4 is 43.5 Å². The quantitative estimate of drug-likeness (QED) is 0.178. The highest BCUT2D eigenvalue weighted by Gasteiger charge is 2.51. The number of fused-ring (bicyclic) bond motifs is 5. The first kappa shape index (κ1) is 31.2. The second kappa shape index (κ2) is 11.9. The fraction of sp³-hybridized carbons (Fsp3) is 0.196. The molecule has 0 unspecified atom stereocenters. The average molecular weight is 710 g/mol. The lowest BCUT2D eigenvalue weighted by Crippen LogP contribution is -2.48. The first-order valence-corrected chi connectivity index (χ1v) is 19.9. The smallest absolute Gasteiger partial charge is 0.164 e. The molecule has 7 aromatic carbocycles. The molecular weight excluding hydrogens is 671 g/mol. The van der Waals surface area contributed by atoms with Crippen LogP contribution in [0, 0.1) is 17.8 Å². The summed E-state index contributed by atoms with van der Waals surface area (Å²) < 4.78 is 6.69. The highest BCUT2D eigenvalue weighted by Crippen LogP contribution is 2.61. The zero-order valence-electron chi connectivity index (χ0n) is 30.6. The summed E-state index contributed by atoms with van der Waals surface area (Å²) in [6, 6.07) is 52.0. The molecule has 4 aliphatic rings. The molecule has 0 radical (unpaired) electrons. The second-order valence-electron chi connectivity index (χ2n) is 16.6. The molecular formula is C51H39N3O. The van der Waals surface area contributed by atoms with Crippen LogP contribution in [0.3, 0.4) is 0 Å². The van der Waals surface area contributed by atoms with Crippen molar-refractivity contribution < 1.29 is 4.42 Å². The third kappa shape index (κ3) is 5.00. The van der Waals surface area contributed by atoms with Crippen LogP contribution in [0.5, 0.6) is 0 Å². The van der Waals surface area contributed by atoms with Crippen molar-refractivity contribution in [2.45, 2.75) is 43.9 Å². The molecule has 4 bridgehead atoms. The van der Waals surface area contributed by atoms with Gasteiger partial charge in [0.25, 0.3) is 0 Å². The first-order chi connectivity index (χ1) is 27.1. The molecule has 4 saturated carbocycles. The van der Waals surface area contributed by atoms with Gasteiger partial charge < -0.3 is 4.42 Å². The maximum absolute atomic E-state index is 6.69. The van der Waals surface area contributed by atoms with Gasteiger partial charge >= 0.3 is 0 Å². The minimum Gasteiger partial charge on any atom is -0.455 e. The van der Waals surface area contributed by atoms with Crippen molar-refractivity contribution in [3.63, 3.8) is 0 Å². The molecule has 4 heteroatoms. The largest absolute Gasteiger partial charge is 0.455 e. The summed E-state index contributed by atoms with van der Waals surface area (Å²) in [7, 11) is 0.